The number of carbonyl (C=O) groups excluding carboxylic acids is 1. The summed E-state index contributed by atoms with van der Waals surface area (Å²) in [7, 11) is 0. The van der Waals surface area contributed by atoms with Crippen LogP contribution < -0.4 is 5.32 Å². The van der Waals surface area contributed by atoms with E-state index in [1.54, 1.807) is 11.3 Å². The molecule has 150 valence electrons. The van der Waals surface area contributed by atoms with Gasteiger partial charge < -0.3 is 15.1 Å². The lowest BCUT2D eigenvalue weighted by molar-refractivity contribution is 0.102. The summed E-state index contributed by atoms with van der Waals surface area (Å²) in [5.41, 5.74) is 6.75. The molecular formula is C23H25N3O2S. The molecule has 0 atom stereocenters. The van der Waals surface area contributed by atoms with Crippen LogP contribution in [0.25, 0.3) is 5.00 Å². The molecule has 4 rings (SSSR count). The summed E-state index contributed by atoms with van der Waals surface area (Å²) in [6.45, 7) is 6.04. The molecule has 0 saturated heterocycles. The van der Waals surface area contributed by atoms with Crippen molar-refractivity contribution in [2.75, 3.05) is 5.32 Å². The van der Waals surface area contributed by atoms with Crippen molar-refractivity contribution in [3.63, 3.8) is 0 Å². The second kappa shape index (κ2) is 7.87. The van der Waals surface area contributed by atoms with Crippen molar-refractivity contribution in [1.29, 1.82) is 0 Å². The highest BCUT2D eigenvalue weighted by molar-refractivity contribution is 7.15. The molecule has 1 amide bonds. The van der Waals surface area contributed by atoms with E-state index >= 15 is 0 Å². The molecule has 29 heavy (non-hydrogen) atoms. The molecule has 5 nitrogen and oxygen atoms in total. The number of fused-ring (bicyclic) bond motifs is 1. The van der Waals surface area contributed by atoms with Crippen molar-refractivity contribution < 1.29 is 10.0 Å². The van der Waals surface area contributed by atoms with Gasteiger partial charge in [0.1, 0.15) is 5.00 Å². The van der Waals surface area contributed by atoms with Crippen LogP contribution in [-0.2, 0) is 12.8 Å². The Bertz CT molecular complexity index is 1090. The van der Waals surface area contributed by atoms with Crippen LogP contribution in [0.1, 0.15) is 56.2 Å². The number of nitrogens with one attached hydrogen (secondary N) is 1. The zero-order chi connectivity index (χ0) is 20.5. The molecule has 0 radical (unpaired) electrons. The van der Waals surface area contributed by atoms with E-state index in [-0.39, 0.29) is 5.91 Å². The predicted molar refractivity (Wildman–Crippen MR) is 118 cm³/mol. The lowest BCUT2D eigenvalue weighted by atomic mass is 9.95. The van der Waals surface area contributed by atoms with Crippen LogP contribution in [-0.4, -0.2) is 21.9 Å². The third-order valence-electron chi connectivity index (χ3n) is 5.56. The molecule has 1 aliphatic carbocycles. The Morgan fingerprint density at radius 2 is 1.90 bits per heavy atom. The summed E-state index contributed by atoms with van der Waals surface area (Å²) in [5, 5.41) is 16.2. The van der Waals surface area contributed by atoms with Crippen LogP contribution in [0.2, 0.25) is 0 Å². The second-order valence-electron chi connectivity index (χ2n) is 7.62. The van der Waals surface area contributed by atoms with Gasteiger partial charge in [0.25, 0.3) is 5.91 Å². The molecule has 0 saturated carbocycles. The van der Waals surface area contributed by atoms with E-state index in [2.05, 4.69) is 15.0 Å². The molecule has 1 aromatic carbocycles. The number of hydrogen-bond acceptors (Lipinski definition) is 4. The minimum atomic E-state index is -0.0619. The summed E-state index contributed by atoms with van der Waals surface area (Å²) < 4.78 is 2.12. The monoisotopic (exact) mass is 407 g/mol. The Morgan fingerprint density at radius 1 is 1.17 bits per heavy atom. The Balaban J connectivity index is 1.82. The molecule has 2 heterocycles. The summed E-state index contributed by atoms with van der Waals surface area (Å²) in [6.07, 6.45) is 5.68. The minimum Gasteiger partial charge on any atom is -0.411 e. The van der Waals surface area contributed by atoms with Gasteiger partial charge in [-0.1, -0.05) is 22.9 Å². The normalized spacial score (nSPS) is 13.6. The largest absolute Gasteiger partial charge is 0.411 e. The van der Waals surface area contributed by atoms with Crippen LogP contribution in [0.4, 0.5) is 5.69 Å². The fraction of sp³-hybridized carbons (Fsp3) is 0.304. The summed E-state index contributed by atoms with van der Waals surface area (Å²) >= 11 is 1.71. The van der Waals surface area contributed by atoms with Crippen LogP contribution in [0.3, 0.4) is 0 Å². The first-order chi connectivity index (χ1) is 14.0. The van der Waals surface area contributed by atoms with Crippen molar-refractivity contribution >= 4 is 29.1 Å². The maximum absolute atomic E-state index is 13.4. The third kappa shape index (κ3) is 3.60. The molecule has 0 bridgehead atoms. The Hall–Kier alpha value is -2.86. The maximum atomic E-state index is 13.4. The molecule has 2 N–H and O–H groups in total. The summed E-state index contributed by atoms with van der Waals surface area (Å²) in [6, 6.07) is 9.86. The van der Waals surface area contributed by atoms with Crippen molar-refractivity contribution in [2.24, 2.45) is 5.16 Å². The number of carbonyl (C=O) groups is 1. The average molecular weight is 408 g/mol. The Morgan fingerprint density at radius 3 is 2.62 bits per heavy atom. The van der Waals surface area contributed by atoms with Gasteiger partial charge in [-0.3, -0.25) is 4.79 Å². The zero-order valence-electron chi connectivity index (χ0n) is 17.0. The van der Waals surface area contributed by atoms with E-state index in [1.165, 1.54) is 16.7 Å². The van der Waals surface area contributed by atoms with E-state index in [0.717, 1.165) is 64.4 Å². The van der Waals surface area contributed by atoms with E-state index in [1.807, 2.05) is 51.1 Å². The number of benzene rings is 1. The molecule has 6 heteroatoms. The van der Waals surface area contributed by atoms with Crippen LogP contribution in [0, 0.1) is 20.8 Å². The van der Waals surface area contributed by atoms with Crippen LogP contribution in [0.5, 0.6) is 0 Å². The van der Waals surface area contributed by atoms with Gasteiger partial charge in [-0.15, -0.1) is 11.3 Å². The van der Waals surface area contributed by atoms with Crippen molar-refractivity contribution in [3.05, 3.63) is 68.9 Å². The van der Waals surface area contributed by atoms with E-state index in [4.69, 9.17) is 5.21 Å². The Kier molecular flexibility index (Phi) is 5.28. The van der Waals surface area contributed by atoms with Gasteiger partial charge >= 0.3 is 0 Å². The number of thiophene rings is 1. The first-order valence-corrected chi connectivity index (χ1v) is 10.7. The highest BCUT2D eigenvalue weighted by atomic mass is 32.1. The van der Waals surface area contributed by atoms with Gasteiger partial charge in [0.2, 0.25) is 0 Å². The molecule has 3 aromatic rings. The van der Waals surface area contributed by atoms with Gasteiger partial charge in [-0.05, 0) is 70.2 Å². The topological polar surface area (TPSA) is 66.6 Å². The van der Waals surface area contributed by atoms with E-state index in [9.17, 15) is 4.79 Å². The van der Waals surface area contributed by atoms with Crippen molar-refractivity contribution in [2.45, 2.75) is 46.5 Å². The predicted octanol–water partition coefficient (Wildman–Crippen LogP) is 5.40. The maximum Gasteiger partial charge on any atom is 0.258 e. The lowest BCUT2D eigenvalue weighted by Gasteiger charge is -2.14. The lowest BCUT2D eigenvalue weighted by Crippen LogP contribution is -2.17. The van der Waals surface area contributed by atoms with Crippen molar-refractivity contribution in [3.8, 4) is 5.00 Å². The zero-order valence-corrected chi connectivity index (χ0v) is 17.8. The molecule has 0 fully saturated rings. The third-order valence-corrected chi connectivity index (χ3v) is 6.84. The fourth-order valence-corrected chi connectivity index (χ4v) is 5.56. The standard InChI is InChI=1S/C23H25N3O2S/c1-14-8-10-18(11-9-14)25-22(27)21-19-6-4-5-7-20(19)29-23(21)26-15(2)12-17(13-24-28)16(26)3/h8-13,28H,4-7H2,1-3H3,(H,25,27)/b24-13+. The number of anilines is 1. The number of rotatable bonds is 4. The number of aromatic nitrogens is 1. The van der Waals surface area contributed by atoms with Gasteiger partial charge in [-0.2, -0.15) is 0 Å². The molecule has 0 unspecified atom stereocenters. The SMILES string of the molecule is Cc1ccc(NC(=O)c2c(-n3c(C)cc(/C=N/O)c3C)sc3c2CCCC3)cc1. The number of hydrogen-bond donors (Lipinski definition) is 2. The highest BCUT2D eigenvalue weighted by Crippen LogP contribution is 2.39. The second-order valence-corrected chi connectivity index (χ2v) is 8.70. The number of amides is 1. The minimum absolute atomic E-state index is 0.0619. The quantitative estimate of drug-likeness (QED) is 0.345. The van der Waals surface area contributed by atoms with Gasteiger partial charge in [0.15, 0.2) is 0 Å². The average Bonchev–Trinajstić information content (AvgIpc) is 3.20. The fourth-order valence-electron chi connectivity index (χ4n) is 4.07. The van der Waals surface area contributed by atoms with Crippen molar-refractivity contribution in [1.82, 2.24) is 4.57 Å². The first-order valence-electron chi connectivity index (χ1n) is 9.89. The molecule has 2 aromatic heterocycles. The first kappa shape index (κ1) is 19.5. The molecule has 1 aliphatic rings. The van der Waals surface area contributed by atoms with Crippen LogP contribution in [0.15, 0.2) is 35.5 Å². The number of oxime groups is 1. The summed E-state index contributed by atoms with van der Waals surface area (Å²) in [4.78, 5) is 14.7. The van der Waals surface area contributed by atoms with E-state index < -0.39 is 0 Å². The molecule has 0 spiro atoms. The number of nitrogens with zero attached hydrogens (tertiary/aromatic N) is 2. The highest BCUT2D eigenvalue weighted by Gasteiger charge is 2.28. The summed E-state index contributed by atoms with van der Waals surface area (Å²) in [5.74, 6) is -0.0619. The van der Waals surface area contributed by atoms with Crippen LogP contribution >= 0.6 is 11.3 Å². The molecule has 0 aliphatic heterocycles. The van der Waals surface area contributed by atoms with Gasteiger partial charge in [0.05, 0.1) is 11.8 Å². The number of aryl methyl sites for hydroxylation is 3. The smallest absolute Gasteiger partial charge is 0.258 e. The molecular weight excluding hydrogens is 382 g/mol. The Labute approximate surface area is 174 Å². The van der Waals surface area contributed by atoms with Gasteiger partial charge in [0, 0.05) is 27.5 Å². The van der Waals surface area contributed by atoms with E-state index in [0.29, 0.717) is 0 Å². The van der Waals surface area contributed by atoms with Gasteiger partial charge in [-0.25, -0.2) is 0 Å².